The zero-order valence-corrected chi connectivity index (χ0v) is 9.41. The second-order valence-electron chi connectivity index (χ2n) is 3.49. The largest absolute Gasteiger partial charge is 0.340 e. The van der Waals surface area contributed by atoms with E-state index in [4.69, 9.17) is 0 Å². The van der Waals surface area contributed by atoms with Gasteiger partial charge in [-0.2, -0.15) is 4.98 Å². The molecule has 0 saturated carbocycles. The Morgan fingerprint density at radius 2 is 1.86 bits per heavy atom. The van der Waals surface area contributed by atoms with Gasteiger partial charge in [0.2, 0.25) is 5.95 Å². The van der Waals surface area contributed by atoms with Crippen LogP contribution in [0.1, 0.15) is 19.7 Å². The lowest BCUT2D eigenvalue weighted by molar-refractivity contribution is 0.391. The van der Waals surface area contributed by atoms with Crippen LogP contribution >= 0.6 is 0 Å². The molecule has 0 amide bonds. The minimum absolute atomic E-state index is 0.798. The molecule has 0 aliphatic rings. The molecule has 80 valence electrons. The van der Waals surface area contributed by atoms with Crippen LogP contribution in [0.25, 0.3) is 0 Å². The summed E-state index contributed by atoms with van der Waals surface area (Å²) in [5.41, 5.74) is 0. The van der Waals surface area contributed by atoms with Crippen molar-refractivity contribution < 1.29 is 0 Å². The fraction of sp³-hybridized carbons (Fsp3) is 0.778. The highest BCUT2D eigenvalue weighted by molar-refractivity contribution is 5.27. The Kier molecular flexibility index (Phi) is 3.88. The van der Waals surface area contributed by atoms with Gasteiger partial charge in [0, 0.05) is 13.1 Å². The first kappa shape index (κ1) is 11.0. The predicted octanol–water partition coefficient (Wildman–Crippen LogP) is 0.712. The summed E-state index contributed by atoms with van der Waals surface area (Å²) in [6, 6.07) is 0. The van der Waals surface area contributed by atoms with E-state index in [-0.39, 0.29) is 0 Å². The highest BCUT2D eigenvalue weighted by atomic mass is 15.4. The van der Waals surface area contributed by atoms with Crippen molar-refractivity contribution in [1.82, 2.24) is 20.1 Å². The van der Waals surface area contributed by atoms with Crippen LogP contribution in [0.15, 0.2) is 0 Å². The van der Waals surface area contributed by atoms with Crippen LogP contribution in [0.2, 0.25) is 0 Å². The van der Waals surface area contributed by atoms with Gasteiger partial charge >= 0.3 is 0 Å². The van der Waals surface area contributed by atoms with Gasteiger partial charge in [-0.25, -0.2) is 0 Å². The quantitative estimate of drug-likeness (QED) is 0.755. The molecule has 1 aromatic heterocycles. The van der Waals surface area contributed by atoms with Crippen molar-refractivity contribution in [2.24, 2.45) is 0 Å². The number of aromatic amines is 1. The summed E-state index contributed by atoms with van der Waals surface area (Å²) in [6.45, 7) is 6.89. The standard InChI is InChI=1S/C9H19N5/c1-5-14(6-2)9-10-8(11-12-9)7-13(3)4/h5-7H2,1-4H3,(H,10,11,12). The number of nitrogens with zero attached hydrogens (tertiary/aromatic N) is 4. The van der Waals surface area contributed by atoms with Gasteiger partial charge in [-0.05, 0) is 27.9 Å². The molecule has 1 rings (SSSR count). The van der Waals surface area contributed by atoms with Gasteiger partial charge < -0.3 is 9.80 Å². The molecule has 0 saturated heterocycles. The van der Waals surface area contributed by atoms with Crippen molar-refractivity contribution in [2.75, 3.05) is 32.1 Å². The van der Waals surface area contributed by atoms with Crippen LogP contribution in [0, 0.1) is 0 Å². The number of hydrogen-bond donors (Lipinski definition) is 1. The van der Waals surface area contributed by atoms with Crippen LogP contribution < -0.4 is 4.90 Å². The normalized spacial score (nSPS) is 10.9. The van der Waals surface area contributed by atoms with Gasteiger partial charge in [0.1, 0.15) is 5.82 Å². The topological polar surface area (TPSA) is 48.1 Å². The molecule has 1 N–H and O–H groups in total. The Bertz CT molecular complexity index is 264. The van der Waals surface area contributed by atoms with Crippen LogP contribution in [0.4, 0.5) is 5.95 Å². The van der Waals surface area contributed by atoms with Gasteiger partial charge in [-0.15, -0.1) is 5.10 Å². The molecule has 1 heterocycles. The smallest absolute Gasteiger partial charge is 0.244 e. The lowest BCUT2D eigenvalue weighted by Crippen LogP contribution is -2.23. The van der Waals surface area contributed by atoms with E-state index in [1.54, 1.807) is 0 Å². The molecule has 1 aromatic rings. The van der Waals surface area contributed by atoms with Crippen molar-refractivity contribution in [2.45, 2.75) is 20.4 Å². The van der Waals surface area contributed by atoms with Crippen molar-refractivity contribution in [3.63, 3.8) is 0 Å². The average Bonchev–Trinajstić information content (AvgIpc) is 2.54. The van der Waals surface area contributed by atoms with Crippen LogP contribution in [0.3, 0.4) is 0 Å². The fourth-order valence-electron chi connectivity index (χ4n) is 1.30. The predicted molar refractivity (Wildman–Crippen MR) is 57.3 cm³/mol. The van der Waals surface area contributed by atoms with Gasteiger partial charge in [0.25, 0.3) is 0 Å². The molecular weight excluding hydrogens is 178 g/mol. The van der Waals surface area contributed by atoms with Crippen LogP contribution in [0.5, 0.6) is 0 Å². The van der Waals surface area contributed by atoms with Crippen LogP contribution in [-0.4, -0.2) is 47.3 Å². The maximum Gasteiger partial charge on any atom is 0.244 e. The van der Waals surface area contributed by atoms with Crippen molar-refractivity contribution in [1.29, 1.82) is 0 Å². The first-order chi connectivity index (χ1) is 6.67. The number of anilines is 1. The number of hydrogen-bond acceptors (Lipinski definition) is 4. The molecule has 0 spiro atoms. The lowest BCUT2D eigenvalue weighted by Gasteiger charge is -2.15. The molecule has 0 aliphatic heterocycles. The molecule has 0 atom stereocenters. The summed E-state index contributed by atoms with van der Waals surface area (Å²) in [7, 11) is 4.03. The van der Waals surface area contributed by atoms with E-state index >= 15 is 0 Å². The first-order valence-electron chi connectivity index (χ1n) is 4.98. The molecule has 0 fully saturated rings. The molecule has 5 nitrogen and oxygen atoms in total. The fourth-order valence-corrected chi connectivity index (χ4v) is 1.30. The summed E-state index contributed by atoms with van der Waals surface area (Å²) in [4.78, 5) is 8.59. The van der Waals surface area contributed by atoms with E-state index < -0.39 is 0 Å². The van der Waals surface area contributed by atoms with Crippen molar-refractivity contribution in [3.05, 3.63) is 5.82 Å². The minimum atomic E-state index is 0.798. The number of rotatable bonds is 5. The van der Waals surface area contributed by atoms with E-state index in [9.17, 15) is 0 Å². The number of aromatic nitrogens is 3. The SMILES string of the molecule is CCN(CC)c1n[nH]c(CN(C)C)n1. The Morgan fingerprint density at radius 1 is 1.21 bits per heavy atom. The first-order valence-corrected chi connectivity index (χ1v) is 4.98. The highest BCUT2D eigenvalue weighted by Gasteiger charge is 2.08. The van der Waals surface area contributed by atoms with E-state index in [0.29, 0.717) is 0 Å². The van der Waals surface area contributed by atoms with Gasteiger partial charge in [-0.1, -0.05) is 0 Å². The molecule has 5 heteroatoms. The van der Waals surface area contributed by atoms with Gasteiger partial charge in [0.05, 0.1) is 6.54 Å². The third kappa shape index (κ3) is 2.70. The highest BCUT2D eigenvalue weighted by Crippen LogP contribution is 2.06. The molecule has 0 unspecified atom stereocenters. The molecule has 0 aliphatic carbocycles. The Morgan fingerprint density at radius 3 is 2.36 bits per heavy atom. The lowest BCUT2D eigenvalue weighted by atomic mass is 10.5. The second kappa shape index (κ2) is 4.95. The summed E-state index contributed by atoms with van der Waals surface area (Å²) in [6.07, 6.45) is 0. The van der Waals surface area contributed by atoms with E-state index in [2.05, 4.69) is 38.8 Å². The zero-order valence-electron chi connectivity index (χ0n) is 9.41. The monoisotopic (exact) mass is 197 g/mol. The number of H-pyrrole nitrogens is 1. The Balaban J connectivity index is 2.66. The third-order valence-corrected chi connectivity index (χ3v) is 2.03. The van der Waals surface area contributed by atoms with Crippen molar-refractivity contribution >= 4 is 5.95 Å². The maximum absolute atomic E-state index is 4.41. The molecule has 0 radical (unpaired) electrons. The van der Waals surface area contributed by atoms with Gasteiger partial charge in [0.15, 0.2) is 0 Å². The van der Waals surface area contributed by atoms with Gasteiger partial charge in [-0.3, -0.25) is 5.10 Å². The Labute approximate surface area is 85.1 Å². The summed E-state index contributed by atoms with van der Waals surface area (Å²) < 4.78 is 0. The van der Waals surface area contributed by atoms with E-state index in [1.165, 1.54) is 0 Å². The molecule has 14 heavy (non-hydrogen) atoms. The van der Waals surface area contributed by atoms with E-state index in [1.807, 2.05) is 14.1 Å². The Hall–Kier alpha value is -1.10. The summed E-state index contributed by atoms with van der Waals surface area (Å²) >= 11 is 0. The zero-order chi connectivity index (χ0) is 10.6. The number of nitrogens with one attached hydrogen (secondary N) is 1. The second-order valence-corrected chi connectivity index (χ2v) is 3.49. The average molecular weight is 197 g/mol. The maximum atomic E-state index is 4.41. The van der Waals surface area contributed by atoms with Crippen LogP contribution in [-0.2, 0) is 6.54 Å². The third-order valence-electron chi connectivity index (χ3n) is 2.03. The summed E-state index contributed by atoms with van der Waals surface area (Å²) in [5.74, 6) is 1.71. The van der Waals surface area contributed by atoms with Crippen molar-refractivity contribution in [3.8, 4) is 0 Å². The molecule has 0 bridgehead atoms. The van der Waals surface area contributed by atoms with E-state index in [0.717, 1.165) is 31.4 Å². The molecular formula is C9H19N5. The molecule has 0 aromatic carbocycles. The summed E-state index contributed by atoms with van der Waals surface area (Å²) in [5, 5.41) is 7.12. The minimum Gasteiger partial charge on any atom is -0.340 e.